The third-order valence-corrected chi connectivity index (χ3v) is 5.40. The molecule has 1 heterocycles. The van der Waals surface area contributed by atoms with Crippen molar-refractivity contribution in [1.29, 1.82) is 0 Å². The Hall–Kier alpha value is -2.62. The number of carbonyl (C=O) groups excluding carboxylic acids is 2. The number of rotatable bonds is 6. The lowest BCUT2D eigenvalue weighted by Gasteiger charge is -2.39. The number of Topliss-reactive ketones (excluding diaryl/α,β-unsaturated/α-hetero) is 1. The molecule has 1 aliphatic rings. The van der Waals surface area contributed by atoms with Gasteiger partial charge < -0.3 is 9.80 Å². The fourth-order valence-electron chi connectivity index (χ4n) is 3.63. The van der Waals surface area contributed by atoms with Crippen molar-refractivity contribution in [3.05, 3.63) is 65.7 Å². The molecule has 27 heavy (non-hydrogen) atoms. The average Bonchev–Trinajstić information content (AvgIpc) is 2.72. The Morgan fingerprint density at radius 2 is 1.74 bits per heavy atom. The van der Waals surface area contributed by atoms with Gasteiger partial charge in [0.05, 0.1) is 0 Å². The predicted molar refractivity (Wildman–Crippen MR) is 109 cm³/mol. The highest BCUT2D eigenvalue weighted by Crippen LogP contribution is 2.22. The Morgan fingerprint density at radius 1 is 1.04 bits per heavy atom. The number of likely N-dealkylation sites (N-methyl/N-ethyl adjacent to an activating group) is 1. The van der Waals surface area contributed by atoms with Crippen LogP contribution in [-0.4, -0.2) is 42.8 Å². The molecule has 4 nitrogen and oxygen atoms in total. The minimum atomic E-state index is 0.0336. The molecule has 0 N–H and O–H groups in total. The SMILES string of the molecule is Cc1ccc(C(=O)CCC(=O)N(C)C2CCCN(c3ccccc3)C2)cc1. The smallest absolute Gasteiger partial charge is 0.223 e. The first kappa shape index (κ1) is 19.2. The van der Waals surface area contributed by atoms with Crippen molar-refractivity contribution in [1.82, 2.24) is 4.90 Å². The molecule has 4 heteroatoms. The Labute approximate surface area is 161 Å². The zero-order valence-electron chi connectivity index (χ0n) is 16.2. The van der Waals surface area contributed by atoms with Gasteiger partial charge in [0.15, 0.2) is 5.78 Å². The lowest BCUT2D eigenvalue weighted by molar-refractivity contribution is -0.132. The zero-order valence-corrected chi connectivity index (χ0v) is 16.2. The number of benzene rings is 2. The molecule has 3 rings (SSSR count). The van der Waals surface area contributed by atoms with Gasteiger partial charge in [0, 0.05) is 50.3 Å². The minimum absolute atomic E-state index is 0.0336. The molecular formula is C23H28N2O2. The maximum Gasteiger partial charge on any atom is 0.223 e. The van der Waals surface area contributed by atoms with Crippen LogP contribution < -0.4 is 4.90 Å². The number of para-hydroxylation sites is 1. The van der Waals surface area contributed by atoms with Gasteiger partial charge in [0.25, 0.3) is 0 Å². The van der Waals surface area contributed by atoms with E-state index in [2.05, 4.69) is 17.0 Å². The second-order valence-electron chi connectivity index (χ2n) is 7.37. The molecule has 2 aromatic rings. The van der Waals surface area contributed by atoms with Gasteiger partial charge in [-0.1, -0.05) is 48.0 Å². The summed E-state index contributed by atoms with van der Waals surface area (Å²) in [6, 6.07) is 18.1. The number of aryl methyl sites for hydroxylation is 1. The van der Waals surface area contributed by atoms with Gasteiger partial charge in [-0.05, 0) is 31.9 Å². The Bertz CT molecular complexity index is 771. The largest absolute Gasteiger partial charge is 0.369 e. The molecule has 2 aromatic carbocycles. The van der Waals surface area contributed by atoms with E-state index in [4.69, 9.17) is 0 Å². The fraction of sp³-hybridized carbons (Fsp3) is 0.391. The molecule has 0 aliphatic carbocycles. The van der Waals surface area contributed by atoms with Crippen LogP contribution in [0.5, 0.6) is 0 Å². The van der Waals surface area contributed by atoms with Crippen LogP contribution >= 0.6 is 0 Å². The van der Waals surface area contributed by atoms with E-state index in [0.717, 1.165) is 31.5 Å². The predicted octanol–water partition coefficient (Wildman–Crippen LogP) is 4.09. The topological polar surface area (TPSA) is 40.6 Å². The lowest BCUT2D eigenvalue weighted by atomic mass is 10.0. The van der Waals surface area contributed by atoms with E-state index in [1.807, 2.05) is 61.3 Å². The average molecular weight is 364 g/mol. The van der Waals surface area contributed by atoms with Crippen molar-refractivity contribution in [3.63, 3.8) is 0 Å². The summed E-state index contributed by atoms with van der Waals surface area (Å²) < 4.78 is 0. The highest BCUT2D eigenvalue weighted by Gasteiger charge is 2.26. The van der Waals surface area contributed by atoms with Crippen LogP contribution in [0.25, 0.3) is 0 Å². The Morgan fingerprint density at radius 3 is 2.44 bits per heavy atom. The first-order valence-electron chi connectivity index (χ1n) is 9.70. The van der Waals surface area contributed by atoms with Crippen LogP contribution in [0.2, 0.25) is 0 Å². The van der Waals surface area contributed by atoms with Crippen molar-refractivity contribution < 1.29 is 9.59 Å². The van der Waals surface area contributed by atoms with E-state index in [9.17, 15) is 9.59 Å². The maximum absolute atomic E-state index is 12.6. The maximum atomic E-state index is 12.6. The van der Waals surface area contributed by atoms with Crippen LogP contribution in [0, 0.1) is 6.92 Å². The molecule has 0 spiro atoms. The minimum Gasteiger partial charge on any atom is -0.369 e. The van der Waals surface area contributed by atoms with Crippen molar-refractivity contribution >= 4 is 17.4 Å². The first-order chi connectivity index (χ1) is 13.0. The Balaban J connectivity index is 1.53. The van der Waals surface area contributed by atoms with Crippen molar-refractivity contribution in [3.8, 4) is 0 Å². The quantitative estimate of drug-likeness (QED) is 0.725. The standard InChI is InChI=1S/C23H28N2O2/c1-18-10-12-19(13-11-18)22(26)14-15-23(27)24(2)21-9-6-16-25(17-21)20-7-4-3-5-8-20/h3-5,7-8,10-13,21H,6,9,14-17H2,1-2H3. The highest BCUT2D eigenvalue weighted by atomic mass is 16.2. The normalized spacial score (nSPS) is 16.8. The van der Waals surface area contributed by atoms with E-state index in [-0.39, 0.29) is 30.6 Å². The van der Waals surface area contributed by atoms with E-state index in [1.165, 1.54) is 5.69 Å². The van der Waals surface area contributed by atoms with Crippen molar-refractivity contribution in [2.24, 2.45) is 0 Å². The molecule has 142 valence electrons. The van der Waals surface area contributed by atoms with Gasteiger partial charge in [-0.15, -0.1) is 0 Å². The van der Waals surface area contributed by atoms with Crippen LogP contribution in [0.3, 0.4) is 0 Å². The fourth-order valence-corrected chi connectivity index (χ4v) is 3.63. The van der Waals surface area contributed by atoms with E-state index < -0.39 is 0 Å². The number of hydrogen-bond acceptors (Lipinski definition) is 3. The van der Waals surface area contributed by atoms with Gasteiger partial charge in [-0.2, -0.15) is 0 Å². The number of anilines is 1. The number of amides is 1. The molecule has 1 amide bonds. The number of piperidine rings is 1. The molecule has 1 fully saturated rings. The highest BCUT2D eigenvalue weighted by molar-refractivity contribution is 5.98. The van der Waals surface area contributed by atoms with E-state index >= 15 is 0 Å². The molecule has 0 bridgehead atoms. The number of ketones is 1. The van der Waals surface area contributed by atoms with Crippen molar-refractivity contribution in [2.75, 3.05) is 25.0 Å². The lowest BCUT2D eigenvalue weighted by Crippen LogP contribution is -2.48. The summed E-state index contributed by atoms with van der Waals surface area (Å²) >= 11 is 0. The molecule has 0 saturated carbocycles. The summed E-state index contributed by atoms with van der Waals surface area (Å²) in [6.45, 7) is 3.86. The molecular weight excluding hydrogens is 336 g/mol. The second kappa shape index (κ2) is 8.85. The molecule has 1 atom stereocenters. The third-order valence-electron chi connectivity index (χ3n) is 5.40. The van der Waals surface area contributed by atoms with Crippen LogP contribution in [0.4, 0.5) is 5.69 Å². The first-order valence-corrected chi connectivity index (χ1v) is 9.70. The van der Waals surface area contributed by atoms with Gasteiger partial charge in [-0.3, -0.25) is 9.59 Å². The zero-order chi connectivity index (χ0) is 19.2. The third kappa shape index (κ3) is 4.97. The molecule has 0 aromatic heterocycles. The summed E-state index contributed by atoms with van der Waals surface area (Å²) in [4.78, 5) is 29.1. The molecule has 1 saturated heterocycles. The van der Waals surface area contributed by atoms with Gasteiger partial charge >= 0.3 is 0 Å². The van der Waals surface area contributed by atoms with Crippen LogP contribution in [0.1, 0.15) is 41.6 Å². The van der Waals surface area contributed by atoms with Gasteiger partial charge in [0.1, 0.15) is 0 Å². The molecule has 1 unspecified atom stereocenters. The summed E-state index contributed by atoms with van der Waals surface area (Å²) in [5, 5.41) is 0. The van der Waals surface area contributed by atoms with Crippen molar-refractivity contribution in [2.45, 2.75) is 38.6 Å². The van der Waals surface area contributed by atoms with E-state index in [1.54, 1.807) is 0 Å². The number of hydrogen-bond donors (Lipinski definition) is 0. The monoisotopic (exact) mass is 364 g/mol. The van der Waals surface area contributed by atoms with Gasteiger partial charge in [0.2, 0.25) is 5.91 Å². The Kier molecular flexibility index (Phi) is 6.28. The molecule has 0 radical (unpaired) electrons. The summed E-state index contributed by atoms with van der Waals surface area (Å²) in [5.41, 5.74) is 3.02. The van der Waals surface area contributed by atoms with Crippen LogP contribution in [0.15, 0.2) is 54.6 Å². The second-order valence-corrected chi connectivity index (χ2v) is 7.37. The van der Waals surface area contributed by atoms with Crippen LogP contribution in [-0.2, 0) is 4.79 Å². The molecule has 1 aliphatic heterocycles. The van der Waals surface area contributed by atoms with E-state index in [0.29, 0.717) is 5.56 Å². The van der Waals surface area contributed by atoms with Gasteiger partial charge in [-0.25, -0.2) is 0 Å². The number of carbonyl (C=O) groups is 2. The number of nitrogens with zero attached hydrogens (tertiary/aromatic N) is 2. The summed E-state index contributed by atoms with van der Waals surface area (Å²) in [7, 11) is 1.87. The summed E-state index contributed by atoms with van der Waals surface area (Å²) in [5.74, 6) is 0.0849. The summed E-state index contributed by atoms with van der Waals surface area (Å²) in [6.07, 6.45) is 2.61.